The topological polar surface area (TPSA) is 127 Å². The molecule has 0 saturated carbocycles. The average molecular weight is 638 g/mol. The van der Waals surface area contributed by atoms with Crippen LogP contribution in [0.3, 0.4) is 0 Å². The minimum absolute atomic E-state index is 0.103. The Labute approximate surface area is 268 Å². The van der Waals surface area contributed by atoms with Gasteiger partial charge in [-0.25, -0.2) is 9.78 Å². The van der Waals surface area contributed by atoms with Crippen molar-refractivity contribution in [2.24, 2.45) is 5.92 Å². The van der Waals surface area contributed by atoms with E-state index in [0.717, 1.165) is 28.1 Å². The fraction of sp³-hybridized carbons (Fsp3) is 0.545. The number of hydrogen-bond donors (Lipinski definition) is 1. The number of ether oxygens (including phenoxy) is 2. The molecule has 45 heavy (non-hydrogen) atoms. The van der Waals surface area contributed by atoms with Crippen molar-refractivity contribution in [3.05, 3.63) is 52.9 Å². The van der Waals surface area contributed by atoms with Gasteiger partial charge in [0.2, 0.25) is 11.8 Å². The highest BCUT2D eigenvalue weighted by molar-refractivity contribution is 7.13. The van der Waals surface area contributed by atoms with E-state index >= 15 is 0 Å². The Kier molecular flexibility index (Phi) is 9.52. The van der Waals surface area contributed by atoms with Crippen LogP contribution in [-0.4, -0.2) is 75.2 Å². The summed E-state index contributed by atoms with van der Waals surface area (Å²) < 4.78 is 16.9. The number of rotatable bonds is 9. The van der Waals surface area contributed by atoms with Gasteiger partial charge >= 0.3 is 6.09 Å². The third kappa shape index (κ3) is 7.49. The van der Waals surface area contributed by atoms with Crippen molar-refractivity contribution >= 4 is 29.2 Å². The summed E-state index contributed by atoms with van der Waals surface area (Å²) in [5, 5.41) is 7.17. The summed E-state index contributed by atoms with van der Waals surface area (Å²) in [5.74, 6) is -0.402. The summed E-state index contributed by atoms with van der Waals surface area (Å²) in [6.07, 6.45) is 0.712. The second kappa shape index (κ2) is 13.2. The molecule has 1 N–H and O–H groups in total. The van der Waals surface area contributed by atoms with E-state index in [1.165, 1.54) is 0 Å². The number of carbonyl (C=O) groups is 3. The van der Waals surface area contributed by atoms with Gasteiger partial charge in [0.1, 0.15) is 23.7 Å². The fourth-order valence-corrected chi connectivity index (χ4v) is 6.56. The van der Waals surface area contributed by atoms with Gasteiger partial charge < -0.3 is 29.1 Å². The number of likely N-dealkylation sites (tertiary alicyclic amines) is 2. The summed E-state index contributed by atoms with van der Waals surface area (Å²) in [6.45, 7) is 14.6. The molecular formula is C33H43N5O6S. The van der Waals surface area contributed by atoms with E-state index in [0.29, 0.717) is 31.8 Å². The van der Waals surface area contributed by atoms with Crippen molar-refractivity contribution in [2.75, 3.05) is 19.6 Å². The largest absolute Gasteiger partial charge is 0.468 e. The highest BCUT2D eigenvalue weighted by Gasteiger charge is 2.41. The van der Waals surface area contributed by atoms with Gasteiger partial charge in [0.25, 0.3) is 5.88 Å². The fourth-order valence-electron chi connectivity index (χ4n) is 5.75. The average Bonchev–Trinajstić information content (AvgIpc) is 3.71. The Hall–Kier alpha value is -3.93. The molecule has 3 atom stereocenters. The van der Waals surface area contributed by atoms with Crippen LogP contribution in [0.25, 0.3) is 10.4 Å². The van der Waals surface area contributed by atoms with Crippen molar-refractivity contribution in [3.8, 4) is 16.3 Å². The third-order valence-corrected chi connectivity index (χ3v) is 9.13. The van der Waals surface area contributed by atoms with Gasteiger partial charge in [-0.3, -0.25) is 9.59 Å². The Morgan fingerprint density at radius 1 is 1.11 bits per heavy atom. The van der Waals surface area contributed by atoms with Crippen LogP contribution in [0.2, 0.25) is 0 Å². The summed E-state index contributed by atoms with van der Waals surface area (Å²) in [6, 6.07) is 9.00. The lowest BCUT2D eigenvalue weighted by molar-refractivity contribution is -0.141. The number of nitrogens with one attached hydrogen (secondary N) is 1. The van der Waals surface area contributed by atoms with E-state index in [-0.39, 0.29) is 41.9 Å². The van der Waals surface area contributed by atoms with Crippen LogP contribution >= 0.6 is 11.3 Å². The predicted molar refractivity (Wildman–Crippen MR) is 170 cm³/mol. The Bertz CT molecular complexity index is 1500. The zero-order chi connectivity index (χ0) is 32.5. The molecule has 2 fully saturated rings. The van der Waals surface area contributed by atoms with Gasteiger partial charge in [-0.05, 0) is 69.7 Å². The van der Waals surface area contributed by atoms with Crippen molar-refractivity contribution < 1.29 is 28.4 Å². The first-order valence-electron chi connectivity index (χ1n) is 15.5. The van der Waals surface area contributed by atoms with Crippen LogP contribution in [-0.2, 0) is 14.3 Å². The molecule has 2 aliphatic heterocycles. The lowest BCUT2D eigenvalue weighted by Gasteiger charge is -2.38. The minimum Gasteiger partial charge on any atom is -0.468 e. The molecule has 3 amide bonds. The number of aromatic nitrogens is 2. The van der Waals surface area contributed by atoms with Gasteiger partial charge in [-0.15, -0.1) is 11.3 Å². The maximum atomic E-state index is 13.9. The maximum absolute atomic E-state index is 13.9. The van der Waals surface area contributed by atoms with Crippen molar-refractivity contribution in [3.63, 3.8) is 0 Å². The first-order chi connectivity index (χ1) is 21.3. The summed E-state index contributed by atoms with van der Waals surface area (Å²) in [7, 11) is 0. The number of amides is 3. The highest BCUT2D eigenvalue weighted by atomic mass is 32.1. The van der Waals surface area contributed by atoms with Crippen LogP contribution in [0.1, 0.15) is 83.4 Å². The van der Waals surface area contributed by atoms with Crippen molar-refractivity contribution in [1.82, 2.24) is 25.3 Å². The lowest BCUT2D eigenvalue weighted by atomic mass is 9.91. The molecule has 0 aliphatic carbocycles. The molecule has 11 nitrogen and oxygen atoms in total. The smallest absolute Gasteiger partial charge is 0.410 e. The van der Waals surface area contributed by atoms with E-state index in [1.54, 1.807) is 27.2 Å². The van der Waals surface area contributed by atoms with Crippen molar-refractivity contribution in [1.29, 1.82) is 0 Å². The minimum atomic E-state index is -0.622. The molecular weight excluding hydrogens is 594 g/mol. The van der Waals surface area contributed by atoms with E-state index < -0.39 is 17.6 Å². The zero-order valence-corrected chi connectivity index (χ0v) is 27.8. The molecule has 242 valence electrons. The molecule has 2 aromatic heterocycles. The van der Waals surface area contributed by atoms with Gasteiger partial charge in [-0.1, -0.05) is 38.1 Å². The van der Waals surface area contributed by atoms with E-state index in [9.17, 15) is 14.4 Å². The summed E-state index contributed by atoms with van der Waals surface area (Å²) >= 11 is 1.61. The molecule has 1 aromatic carbocycles. The van der Waals surface area contributed by atoms with E-state index in [1.807, 2.05) is 66.1 Å². The monoisotopic (exact) mass is 637 g/mol. The number of aryl methyl sites for hydroxylation is 1. The van der Waals surface area contributed by atoms with Crippen LogP contribution in [0.5, 0.6) is 5.88 Å². The molecule has 0 spiro atoms. The molecule has 3 unspecified atom stereocenters. The normalized spacial score (nSPS) is 18.4. The van der Waals surface area contributed by atoms with Crippen LogP contribution < -0.4 is 10.1 Å². The Balaban J connectivity index is 1.18. The van der Waals surface area contributed by atoms with E-state index in [2.05, 4.69) is 27.6 Å². The van der Waals surface area contributed by atoms with Gasteiger partial charge in [-0.2, -0.15) is 0 Å². The number of benzene rings is 1. The van der Waals surface area contributed by atoms with Gasteiger partial charge in [0.15, 0.2) is 5.76 Å². The molecule has 3 aromatic rings. The van der Waals surface area contributed by atoms with Crippen molar-refractivity contribution in [2.45, 2.75) is 91.0 Å². The summed E-state index contributed by atoms with van der Waals surface area (Å²) in [4.78, 5) is 48.3. The van der Waals surface area contributed by atoms with Crippen LogP contribution in [0.4, 0.5) is 4.79 Å². The Morgan fingerprint density at radius 3 is 2.44 bits per heavy atom. The first kappa shape index (κ1) is 32.5. The van der Waals surface area contributed by atoms with E-state index in [4.69, 9.17) is 14.0 Å². The highest BCUT2D eigenvalue weighted by Crippen LogP contribution is 2.33. The molecule has 2 saturated heterocycles. The number of hydrogen-bond acceptors (Lipinski definition) is 9. The number of nitrogens with zero attached hydrogens (tertiary/aromatic N) is 4. The Morgan fingerprint density at radius 2 is 1.82 bits per heavy atom. The van der Waals surface area contributed by atoms with Gasteiger partial charge in [0.05, 0.1) is 35.2 Å². The number of thiazole rings is 1. The predicted octanol–water partition coefficient (Wildman–Crippen LogP) is 5.71. The second-order valence-electron chi connectivity index (χ2n) is 13.2. The molecule has 0 bridgehead atoms. The standard InChI is InChI=1S/C33H43N5O6S/c1-19(2)28(26-15-27(36-44-26)42-24-16-37(17-24)32(41)43-33(5,6)7)31(40)38-14-8-9-25(38)30(39)35-20(3)22-10-12-23(13-11-22)29-21(4)34-18-45-29/h10-13,15,18-20,24-25,28H,8-9,14,16-17H2,1-7H3,(H,35,39). The lowest BCUT2D eigenvalue weighted by Crippen LogP contribution is -2.57. The zero-order valence-electron chi connectivity index (χ0n) is 27.0. The number of carbonyl (C=O) groups excluding carboxylic acids is 3. The molecule has 0 radical (unpaired) electrons. The van der Waals surface area contributed by atoms with Gasteiger partial charge in [0, 0.05) is 12.6 Å². The first-order valence-corrected chi connectivity index (χ1v) is 16.4. The molecule has 5 rings (SSSR count). The summed E-state index contributed by atoms with van der Waals surface area (Å²) in [5.41, 5.74) is 4.36. The molecule has 12 heteroatoms. The van der Waals surface area contributed by atoms with Crippen LogP contribution in [0.15, 0.2) is 40.4 Å². The third-order valence-electron chi connectivity index (χ3n) is 8.15. The second-order valence-corrected chi connectivity index (χ2v) is 14.1. The SMILES string of the molecule is Cc1ncsc1-c1ccc(C(C)NC(=O)C2CCCN2C(=O)C(c2cc(OC3CN(C(=O)OC(C)(C)C)C3)no2)C(C)C)cc1. The quantitative estimate of drug-likeness (QED) is 0.316. The molecule has 2 aliphatic rings. The van der Waals surface area contributed by atoms with Crippen LogP contribution in [0, 0.1) is 12.8 Å². The maximum Gasteiger partial charge on any atom is 0.410 e. The molecule has 4 heterocycles.